The summed E-state index contributed by atoms with van der Waals surface area (Å²) in [5.41, 5.74) is 3.21. The highest BCUT2D eigenvalue weighted by Gasteiger charge is 2.31. The monoisotopic (exact) mass is 765 g/mol. The normalized spacial score (nSPS) is 19.0. The molecule has 2 aromatic heterocycles. The Bertz CT molecular complexity index is 2080. The van der Waals surface area contributed by atoms with E-state index in [0.29, 0.717) is 49.1 Å². The maximum Gasteiger partial charge on any atom is 0.387 e. The van der Waals surface area contributed by atoms with Crippen LogP contribution in [0.15, 0.2) is 59.8 Å². The van der Waals surface area contributed by atoms with Gasteiger partial charge < -0.3 is 15.0 Å². The number of hydrogen-bond acceptors (Lipinski definition) is 10. The Kier molecular flexibility index (Phi) is 11.1. The quantitative estimate of drug-likeness (QED) is 0.200. The fourth-order valence-electron chi connectivity index (χ4n) is 7.62. The van der Waals surface area contributed by atoms with Gasteiger partial charge in [0.15, 0.2) is 11.6 Å². The number of aryl methyl sites for hydroxylation is 1. The lowest BCUT2D eigenvalue weighted by molar-refractivity contribution is -0.120. The molecule has 3 saturated heterocycles. The Morgan fingerprint density at radius 1 is 0.981 bits per heavy atom. The second-order valence-corrected chi connectivity index (χ2v) is 16.2. The van der Waals surface area contributed by atoms with Gasteiger partial charge in [0.25, 0.3) is 0 Å². The molecule has 0 aliphatic carbocycles. The number of fused-ring (bicyclic) bond motifs is 1. The molecular weight excluding hydrogens is 721 g/mol. The van der Waals surface area contributed by atoms with E-state index in [2.05, 4.69) is 54.4 Å². The van der Waals surface area contributed by atoms with Gasteiger partial charge in [0.2, 0.25) is 21.9 Å². The number of nitrogens with zero attached hydrogens (tertiary/aromatic N) is 7. The van der Waals surface area contributed by atoms with Crippen LogP contribution in [0.5, 0.6) is 5.75 Å². The number of urea groups is 1. The van der Waals surface area contributed by atoms with Crippen LogP contribution in [0.2, 0.25) is 0 Å². The summed E-state index contributed by atoms with van der Waals surface area (Å²) < 4.78 is 59.7. The van der Waals surface area contributed by atoms with Gasteiger partial charge in [0.05, 0.1) is 22.8 Å². The molecule has 17 heteroatoms. The van der Waals surface area contributed by atoms with Gasteiger partial charge in [-0.05, 0) is 99.0 Å². The van der Waals surface area contributed by atoms with Crippen LogP contribution in [0.4, 0.5) is 25.3 Å². The van der Waals surface area contributed by atoms with Crippen molar-refractivity contribution in [3.63, 3.8) is 0 Å². The zero-order valence-corrected chi connectivity index (χ0v) is 31.1. The number of alkyl halides is 2. The number of rotatable bonds is 12. The maximum absolute atomic E-state index is 13.7. The highest BCUT2D eigenvalue weighted by atomic mass is 32.2. The van der Waals surface area contributed by atoms with Crippen molar-refractivity contribution in [3.8, 4) is 5.75 Å². The van der Waals surface area contributed by atoms with Crippen LogP contribution < -0.4 is 20.3 Å². The Morgan fingerprint density at radius 3 is 2.43 bits per heavy atom. The second-order valence-electron chi connectivity index (χ2n) is 14.3. The smallest absolute Gasteiger partial charge is 0.387 e. The second kappa shape index (κ2) is 15.9. The number of carbonyl (C=O) groups is 2. The topological polar surface area (TPSA) is 155 Å². The molecule has 1 atom stereocenters. The summed E-state index contributed by atoms with van der Waals surface area (Å²) in [6.07, 6.45) is 6.64. The minimum atomic E-state index is -3.69. The van der Waals surface area contributed by atoms with Crippen molar-refractivity contribution in [2.24, 2.45) is 7.05 Å². The summed E-state index contributed by atoms with van der Waals surface area (Å²) in [4.78, 5) is 36.5. The summed E-state index contributed by atoms with van der Waals surface area (Å²) in [5, 5.41) is 11.0. The van der Waals surface area contributed by atoms with Crippen LogP contribution in [0.3, 0.4) is 0 Å². The van der Waals surface area contributed by atoms with Crippen LogP contribution in [0, 0.1) is 0 Å². The van der Waals surface area contributed by atoms with Crippen molar-refractivity contribution < 1.29 is 31.5 Å². The summed E-state index contributed by atoms with van der Waals surface area (Å²) >= 11 is 0. The molecule has 1 unspecified atom stereocenters. The fourth-order valence-corrected chi connectivity index (χ4v) is 9.14. The van der Waals surface area contributed by atoms with Gasteiger partial charge in [-0.25, -0.2) is 23.2 Å². The third-order valence-corrected chi connectivity index (χ3v) is 12.7. The number of piperidine rings is 2. The lowest BCUT2D eigenvalue weighted by atomic mass is 9.88. The minimum Gasteiger partial charge on any atom is -0.432 e. The van der Waals surface area contributed by atoms with Gasteiger partial charge in [0, 0.05) is 44.5 Å². The van der Waals surface area contributed by atoms with Crippen molar-refractivity contribution in [2.75, 3.05) is 49.5 Å². The molecule has 0 bridgehead atoms. The highest BCUT2D eigenvalue weighted by Crippen LogP contribution is 2.34. The number of likely N-dealkylation sites (tertiary alicyclic amines) is 1. The summed E-state index contributed by atoms with van der Waals surface area (Å²) in [6, 6.07) is 13.1. The first kappa shape index (κ1) is 37.6. The molecule has 7 rings (SSSR count). The number of imide groups is 1. The zero-order chi connectivity index (χ0) is 38.0. The number of halogens is 2. The van der Waals surface area contributed by atoms with Gasteiger partial charge in [-0.3, -0.25) is 19.7 Å². The molecule has 3 aliphatic rings. The SMILES string of the molecule is CC(CCN1CCC(c2ccc3c(N4CCC(=O)NC4=O)nn(C)c3c2)CC1)c1cccc(S(=O)(=O)N2CCC(Nc3ncc(OC(F)F)cn3)CC2)c1. The average Bonchev–Trinajstić information content (AvgIpc) is 3.49. The molecule has 0 radical (unpaired) electrons. The maximum atomic E-state index is 13.7. The number of benzene rings is 2. The van der Waals surface area contributed by atoms with Crippen LogP contribution in [0.1, 0.15) is 68.4 Å². The fraction of sp³-hybridized carbons (Fsp3) is 0.486. The molecule has 3 fully saturated rings. The predicted molar refractivity (Wildman–Crippen MR) is 198 cm³/mol. The van der Waals surface area contributed by atoms with Gasteiger partial charge in [-0.15, -0.1) is 0 Å². The Labute approximate surface area is 312 Å². The molecule has 2 aromatic carbocycles. The molecule has 0 spiro atoms. The molecule has 3 amide bonds. The molecular formula is C37H45F2N9O5S. The lowest BCUT2D eigenvalue weighted by Gasteiger charge is -2.33. The first-order valence-corrected chi connectivity index (χ1v) is 19.8. The molecule has 0 saturated carbocycles. The van der Waals surface area contributed by atoms with E-state index >= 15 is 0 Å². The van der Waals surface area contributed by atoms with Gasteiger partial charge in [-0.2, -0.15) is 18.2 Å². The number of sulfonamides is 1. The summed E-state index contributed by atoms with van der Waals surface area (Å²) in [5.74, 6) is 1.02. The van der Waals surface area contributed by atoms with E-state index in [-0.39, 0.29) is 36.0 Å². The third-order valence-electron chi connectivity index (χ3n) is 10.8. The minimum absolute atomic E-state index is 0.0575. The Hall–Kier alpha value is -4.74. The Morgan fingerprint density at radius 2 is 1.72 bits per heavy atom. The number of hydrogen-bond donors (Lipinski definition) is 2. The van der Waals surface area contributed by atoms with Gasteiger partial charge >= 0.3 is 12.6 Å². The first-order chi connectivity index (χ1) is 25.9. The highest BCUT2D eigenvalue weighted by molar-refractivity contribution is 7.89. The van der Waals surface area contributed by atoms with Crippen LogP contribution in [-0.4, -0.2) is 101 Å². The Balaban J connectivity index is 0.889. The van der Waals surface area contributed by atoms with Crippen molar-refractivity contribution in [2.45, 2.75) is 74.8 Å². The lowest BCUT2D eigenvalue weighted by Crippen LogP contribution is -2.49. The first-order valence-electron chi connectivity index (χ1n) is 18.4. The molecule has 3 aliphatic heterocycles. The number of nitrogens with one attached hydrogen (secondary N) is 2. The van der Waals surface area contributed by atoms with Crippen LogP contribution in [-0.2, 0) is 21.9 Å². The molecule has 5 heterocycles. The van der Waals surface area contributed by atoms with E-state index < -0.39 is 22.7 Å². The van der Waals surface area contributed by atoms with E-state index in [0.717, 1.165) is 55.4 Å². The van der Waals surface area contributed by atoms with E-state index in [1.54, 1.807) is 10.7 Å². The van der Waals surface area contributed by atoms with Crippen LogP contribution in [0.25, 0.3) is 10.9 Å². The van der Waals surface area contributed by atoms with Crippen LogP contribution >= 0.6 is 0 Å². The predicted octanol–water partition coefficient (Wildman–Crippen LogP) is 5.05. The van der Waals surface area contributed by atoms with E-state index in [1.165, 1.54) is 27.2 Å². The molecule has 14 nitrogen and oxygen atoms in total. The number of anilines is 2. The van der Waals surface area contributed by atoms with E-state index in [1.807, 2.05) is 31.3 Å². The largest absolute Gasteiger partial charge is 0.432 e. The number of amides is 3. The summed E-state index contributed by atoms with van der Waals surface area (Å²) in [6.45, 7) is 3.02. The number of carbonyl (C=O) groups excluding carboxylic acids is 2. The standard InChI is InChI=1S/C37H45F2N9O5S/c1-24(26-4-3-5-30(20-26)54(51,52)47-17-11-28(12-18-47)42-36-40-22-29(23-41-36)53-35(38)39)8-14-46-15-9-25(10-16-46)27-6-7-31-32(21-27)45(2)44-34(31)48-19-13-33(49)43-37(48)50/h3-7,20-25,28,35H,8-19H2,1-2H3,(H,40,41,42)(H,43,49,50). The van der Waals surface area contributed by atoms with Crippen molar-refractivity contribution in [1.82, 2.24) is 34.3 Å². The van der Waals surface area contributed by atoms with Crippen molar-refractivity contribution in [1.29, 1.82) is 0 Å². The molecule has 54 heavy (non-hydrogen) atoms. The van der Waals surface area contributed by atoms with Gasteiger partial charge in [-0.1, -0.05) is 25.1 Å². The molecule has 2 N–H and O–H groups in total. The average molecular weight is 766 g/mol. The summed E-state index contributed by atoms with van der Waals surface area (Å²) in [7, 11) is -1.81. The number of aromatic nitrogens is 4. The molecule has 4 aromatic rings. The van der Waals surface area contributed by atoms with E-state index in [4.69, 9.17) is 0 Å². The van der Waals surface area contributed by atoms with E-state index in [9.17, 15) is 26.8 Å². The van der Waals surface area contributed by atoms with Gasteiger partial charge in [0.1, 0.15) is 0 Å². The third kappa shape index (κ3) is 8.32. The number of ether oxygens (including phenoxy) is 1. The molecule has 288 valence electrons. The zero-order valence-electron chi connectivity index (χ0n) is 30.3. The van der Waals surface area contributed by atoms with Crippen molar-refractivity contribution >= 4 is 44.6 Å². The van der Waals surface area contributed by atoms with Crippen molar-refractivity contribution in [3.05, 3.63) is 66.0 Å².